The maximum absolute atomic E-state index is 13.2. The summed E-state index contributed by atoms with van der Waals surface area (Å²) in [6.07, 6.45) is 1.72. The number of ether oxygens (including phenoxy) is 1. The normalized spacial score (nSPS) is 17.7. The average molecular weight is 462 g/mol. The lowest BCUT2D eigenvalue weighted by molar-refractivity contribution is 0.0679. The lowest BCUT2D eigenvalue weighted by Crippen LogP contribution is -2.50. The van der Waals surface area contributed by atoms with Gasteiger partial charge in [0, 0.05) is 42.9 Å². The summed E-state index contributed by atoms with van der Waals surface area (Å²) in [4.78, 5) is 30.1. The zero-order valence-electron chi connectivity index (χ0n) is 20.5. The molecule has 1 saturated heterocycles. The number of carbonyl (C=O) groups is 1. The molecule has 34 heavy (non-hydrogen) atoms. The van der Waals surface area contributed by atoms with Gasteiger partial charge in [-0.05, 0) is 37.6 Å². The summed E-state index contributed by atoms with van der Waals surface area (Å²) < 4.78 is 7.45. The molecule has 9 nitrogen and oxygen atoms in total. The second kappa shape index (κ2) is 8.89. The van der Waals surface area contributed by atoms with Crippen LogP contribution in [0.5, 0.6) is 0 Å². The Balaban J connectivity index is 1.42. The fourth-order valence-electron chi connectivity index (χ4n) is 3.79. The van der Waals surface area contributed by atoms with Crippen molar-refractivity contribution in [3.05, 3.63) is 66.1 Å². The van der Waals surface area contributed by atoms with Crippen molar-refractivity contribution in [1.82, 2.24) is 24.6 Å². The van der Waals surface area contributed by atoms with Gasteiger partial charge in [-0.2, -0.15) is 10.1 Å². The number of aromatic nitrogens is 3. The van der Waals surface area contributed by atoms with Crippen LogP contribution in [0, 0.1) is 6.92 Å². The molecule has 4 rings (SSSR count). The van der Waals surface area contributed by atoms with Crippen molar-refractivity contribution in [3.8, 4) is 5.69 Å². The minimum Gasteiger partial charge on any atom is -0.422 e. The number of carbonyl (C=O) groups excluding carboxylic acids is 1. The van der Waals surface area contributed by atoms with Gasteiger partial charge < -0.3 is 14.5 Å². The summed E-state index contributed by atoms with van der Waals surface area (Å²) in [7, 11) is 0. The van der Waals surface area contributed by atoms with Gasteiger partial charge in [0.05, 0.1) is 5.69 Å². The quantitative estimate of drug-likeness (QED) is 0.699. The minimum absolute atomic E-state index is 0.00601. The van der Waals surface area contributed by atoms with Crippen molar-refractivity contribution in [1.29, 1.82) is 0 Å². The van der Waals surface area contributed by atoms with Gasteiger partial charge in [-0.25, -0.2) is 14.7 Å². The van der Waals surface area contributed by atoms with Gasteiger partial charge in [-0.3, -0.25) is 4.79 Å². The highest BCUT2D eigenvalue weighted by Gasteiger charge is 2.29. The van der Waals surface area contributed by atoms with Gasteiger partial charge in [0.1, 0.15) is 6.33 Å². The van der Waals surface area contributed by atoms with E-state index in [-0.39, 0.29) is 11.3 Å². The Morgan fingerprint density at radius 1 is 1.18 bits per heavy atom. The molecular formula is C25H31N7O2. The first-order valence-electron chi connectivity index (χ1n) is 11.3. The number of aryl methyl sites for hydroxylation is 1. The van der Waals surface area contributed by atoms with Crippen LogP contribution in [0.15, 0.2) is 59.1 Å². The first-order chi connectivity index (χ1) is 16.0. The van der Waals surface area contributed by atoms with E-state index >= 15 is 0 Å². The molecule has 0 N–H and O–H groups in total. The van der Waals surface area contributed by atoms with Crippen molar-refractivity contribution < 1.29 is 9.53 Å². The molecule has 0 spiro atoms. The van der Waals surface area contributed by atoms with E-state index in [4.69, 9.17) is 4.74 Å². The van der Waals surface area contributed by atoms with E-state index in [1.165, 1.54) is 0 Å². The zero-order chi connectivity index (χ0) is 24.6. The third-order valence-corrected chi connectivity index (χ3v) is 5.65. The highest BCUT2D eigenvalue weighted by molar-refractivity contribution is 6.09. The highest BCUT2D eigenvalue weighted by atomic mass is 16.5. The third-order valence-electron chi connectivity index (χ3n) is 5.65. The fraction of sp³-hybridized carbons (Fsp3) is 0.400. The second-order valence-electron chi connectivity index (χ2n) is 9.63. The van der Waals surface area contributed by atoms with E-state index < -0.39 is 0 Å². The van der Waals surface area contributed by atoms with Crippen molar-refractivity contribution in [3.63, 3.8) is 0 Å². The molecule has 178 valence electrons. The summed E-state index contributed by atoms with van der Waals surface area (Å²) in [6.45, 7) is 20.0. The fourth-order valence-corrected chi connectivity index (χ4v) is 3.79. The molecule has 0 saturated carbocycles. The molecule has 0 atom stereocenters. The van der Waals surface area contributed by atoms with Crippen molar-refractivity contribution in [2.24, 2.45) is 9.98 Å². The molecule has 2 aliphatic heterocycles. The lowest BCUT2D eigenvalue weighted by atomic mass is 9.96. The third kappa shape index (κ3) is 4.78. The van der Waals surface area contributed by atoms with Crippen LogP contribution in [-0.4, -0.2) is 68.5 Å². The Morgan fingerprint density at radius 2 is 1.88 bits per heavy atom. The van der Waals surface area contributed by atoms with Gasteiger partial charge >= 0.3 is 0 Å². The van der Waals surface area contributed by atoms with Gasteiger partial charge in [0.25, 0.3) is 11.9 Å². The summed E-state index contributed by atoms with van der Waals surface area (Å²) >= 11 is 0. The van der Waals surface area contributed by atoms with E-state index in [2.05, 4.69) is 54.0 Å². The van der Waals surface area contributed by atoms with Crippen LogP contribution in [0.4, 0.5) is 0 Å². The van der Waals surface area contributed by atoms with Crippen molar-refractivity contribution in [2.75, 3.05) is 26.2 Å². The van der Waals surface area contributed by atoms with Crippen LogP contribution < -0.4 is 0 Å². The van der Waals surface area contributed by atoms with Crippen molar-refractivity contribution >= 4 is 17.8 Å². The smallest absolute Gasteiger partial charge is 0.300 e. The number of amidine groups is 2. The Morgan fingerprint density at radius 3 is 2.47 bits per heavy atom. The van der Waals surface area contributed by atoms with E-state index in [0.717, 1.165) is 17.1 Å². The molecule has 0 radical (unpaired) electrons. The molecule has 9 heteroatoms. The first kappa shape index (κ1) is 23.4. The Hall–Kier alpha value is -3.75. The number of rotatable bonds is 3. The first-order valence-corrected chi connectivity index (χ1v) is 11.3. The van der Waals surface area contributed by atoms with E-state index in [0.29, 0.717) is 55.1 Å². The molecule has 1 amide bonds. The number of aliphatic imine (C=N–C) groups is 2. The molecule has 0 unspecified atom stereocenters. The highest BCUT2D eigenvalue weighted by Crippen LogP contribution is 2.22. The van der Waals surface area contributed by atoms with Crippen LogP contribution in [0.1, 0.15) is 49.4 Å². The Bertz CT molecular complexity index is 1210. The van der Waals surface area contributed by atoms with E-state index in [9.17, 15) is 4.79 Å². The number of amides is 1. The molecule has 3 heterocycles. The molecule has 1 aromatic heterocycles. The molecule has 0 bridgehead atoms. The Kier molecular flexibility index (Phi) is 6.12. The van der Waals surface area contributed by atoms with Gasteiger partial charge in [-0.1, -0.05) is 33.9 Å². The molecule has 2 aliphatic rings. The molecular weight excluding hydrogens is 430 g/mol. The number of benzene rings is 1. The summed E-state index contributed by atoms with van der Waals surface area (Å²) in [6, 6.07) is 6.16. The van der Waals surface area contributed by atoms with E-state index in [1.807, 2.05) is 34.9 Å². The number of allylic oxidation sites excluding steroid dienone is 1. The number of piperazine rings is 1. The van der Waals surface area contributed by atoms with Crippen LogP contribution >= 0.6 is 0 Å². The van der Waals surface area contributed by atoms with Gasteiger partial charge in [0.2, 0.25) is 0 Å². The van der Waals surface area contributed by atoms with Crippen LogP contribution in [0.25, 0.3) is 5.69 Å². The largest absolute Gasteiger partial charge is 0.422 e. The maximum Gasteiger partial charge on any atom is 0.300 e. The summed E-state index contributed by atoms with van der Waals surface area (Å²) in [5.41, 5.74) is 3.04. The number of hydrogen-bond donors (Lipinski definition) is 0. The topological polar surface area (TPSA) is 88.2 Å². The van der Waals surface area contributed by atoms with Gasteiger partial charge in [0.15, 0.2) is 17.4 Å². The predicted molar refractivity (Wildman–Crippen MR) is 132 cm³/mol. The average Bonchev–Trinajstić information content (AvgIpc) is 3.40. The molecule has 1 fully saturated rings. The molecule has 0 aliphatic carbocycles. The van der Waals surface area contributed by atoms with Crippen LogP contribution in [0.2, 0.25) is 0 Å². The minimum atomic E-state index is -0.126. The van der Waals surface area contributed by atoms with Crippen LogP contribution in [-0.2, 0) is 10.2 Å². The van der Waals surface area contributed by atoms with E-state index in [1.54, 1.807) is 17.9 Å². The zero-order valence-corrected chi connectivity index (χ0v) is 20.5. The second-order valence-corrected chi connectivity index (χ2v) is 9.63. The van der Waals surface area contributed by atoms with Crippen LogP contribution in [0.3, 0.4) is 0 Å². The maximum atomic E-state index is 13.2. The SMILES string of the molecule is C=C(C)N=C1N=C(N2CCN(C(=O)c3ccc(-n4cnc(C(C)(C)C)n4)c(C)c3)CC2)OC1=C. The predicted octanol–water partition coefficient (Wildman–Crippen LogP) is 3.46. The standard InChI is InChI=1S/C25H31N7O2/c1-16(2)27-21-18(4)34-24(28-21)31-12-10-30(11-13-31)22(33)19-8-9-20(17(3)14-19)32-15-26-23(29-32)25(5,6)7/h8-9,14-15H,1,4,10-13H2,2-3,5-7H3. The monoisotopic (exact) mass is 461 g/mol. The number of nitrogens with zero attached hydrogens (tertiary/aromatic N) is 7. The molecule has 2 aromatic rings. The summed E-state index contributed by atoms with van der Waals surface area (Å²) in [5.74, 6) is 1.64. The molecule has 1 aromatic carbocycles. The van der Waals surface area contributed by atoms with Gasteiger partial charge in [-0.15, -0.1) is 0 Å². The number of hydrogen-bond acceptors (Lipinski definition) is 6. The lowest BCUT2D eigenvalue weighted by Gasteiger charge is -2.34. The van der Waals surface area contributed by atoms with Crippen molar-refractivity contribution in [2.45, 2.75) is 40.0 Å². The Labute approximate surface area is 200 Å². The summed E-state index contributed by atoms with van der Waals surface area (Å²) in [5, 5.41) is 4.61.